The average molecular weight is 534 g/mol. The van der Waals surface area contributed by atoms with Crippen LogP contribution in [0, 0.1) is 28.6 Å². The lowest BCUT2D eigenvalue weighted by atomic mass is 9.48. The number of nitrogens with zero attached hydrogens (tertiary/aromatic N) is 1. The Balaban J connectivity index is 1.18. The molecule has 1 aliphatic heterocycles. The summed E-state index contributed by atoms with van der Waals surface area (Å²) >= 11 is 0. The predicted octanol–water partition coefficient (Wildman–Crippen LogP) is 6.45. The van der Waals surface area contributed by atoms with Gasteiger partial charge in [-0.1, -0.05) is 38.0 Å². The fourth-order valence-electron chi connectivity index (χ4n) is 9.00. The first-order valence-corrected chi connectivity index (χ1v) is 15.5. The minimum absolute atomic E-state index is 0.180. The lowest BCUT2D eigenvalue weighted by Crippen LogP contribution is -2.50. The summed E-state index contributed by atoms with van der Waals surface area (Å²) < 4.78 is 11.8. The molecule has 1 saturated heterocycles. The van der Waals surface area contributed by atoms with Crippen LogP contribution in [0.4, 0.5) is 0 Å². The Bertz CT molecular complexity index is 1150. The number of ketones is 1. The van der Waals surface area contributed by atoms with Gasteiger partial charge in [-0.2, -0.15) is 0 Å². The Morgan fingerprint density at radius 2 is 1.82 bits per heavy atom. The van der Waals surface area contributed by atoms with E-state index in [0.717, 1.165) is 74.1 Å². The summed E-state index contributed by atoms with van der Waals surface area (Å²) in [7, 11) is 1.69. The van der Waals surface area contributed by atoms with Crippen molar-refractivity contribution >= 4 is 11.9 Å². The number of allylic oxidation sites excluding steroid dienone is 2. The van der Waals surface area contributed by atoms with Gasteiger partial charge in [-0.05, 0) is 123 Å². The molecule has 0 spiro atoms. The van der Waals surface area contributed by atoms with E-state index >= 15 is 0 Å². The van der Waals surface area contributed by atoms with Crippen LogP contribution in [-0.2, 0) is 4.79 Å². The summed E-state index contributed by atoms with van der Waals surface area (Å²) in [6.45, 7) is 8.63. The van der Waals surface area contributed by atoms with Crippen LogP contribution >= 0.6 is 0 Å². The van der Waals surface area contributed by atoms with Crippen LogP contribution in [0.1, 0.15) is 83.6 Å². The van der Waals surface area contributed by atoms with Crippen LogP contribution in [0.25, 0.3) is 6.08 Å². The van der Waals surface area contributed by atoms with Crippen LogP contribution in [0.15, 0.2) is 35.4 Å². The molecule has 0 amide bonds. The molecule has 1 aromatic rings. The molecule has 1 aromatic carbocycles. The van der Waals surface area contributed by atoms with Gasteiger partial charge in [0.1, 0.15) is 6.61 Å². The van der Waals surface area contributed by atoms with Gasteiger partial charge >= 0.3 is 0 Å². The van der Waals surface area contributed by atoms with E-state index in [0.29, 0.717) is 30.1 Å². The van der Waals surface area contributed by atoms with Gasteiger partial charge in [-0.25, -0.2) is 0 Å². The Kier molecular flexibility index (Phi) is 7.43. The number of aliphatic hydroxyl groups excluding tert-OH is 1. The number of hydrogen-bond acceptors (Lipinski definition) is 5. The number of carbonyl (C=O) groups excluding carboxylic acids is 1. The second-order valence-electron chi connectivity index (χ2n) is 13.5. The maximum Gasteiger partial charge on any atom is 0.165 e. The standard InChI is InChI=1S/C34H47NO4/c1-33-13-11-26(36)22-25(33)8-9-27-28(33)12-14-34(2)29(27)21-24(32(34)37)19-23-7-10-30(31(20-23)38-3)39-18-17-35-15-5-4-6-16-35/h7-8,10,19-20,26-29,36H,4-6,9,11-18,21-22H2,1-3H3/b24-19-/t26-,27+,28-,29-,33-,34-/m0/s1. The van der Waals surface area contributed by atoms with Gasteiger partial charge in [0, 0.05) is 12.0 Å². The highest BCUT2D eigenvalue weighted by molar-refractivity contribution is 6.06. The van der Waals surface area contributed by atoms with Crippen LogP contribution < -0.4 is 9.47 Å². The number of aliphatic hydroxyl groups is 1. The molecule has 3 saturated carbocycles. The molecule has 1 heterocycles. The SMILES string of the molecule is COc1cc(/C=C2/C[C@H]3[C@@H]4CC=C5C[C@@H](O)CC[C@]5(C)[C@H]4CC[C@]3(C)C2=O)ccc1OCCN1CCCCC1. The number of methoxy groups -OCH3 is 1. The quantitative estimate of drug-likeness (QED) is 0.337. The minimum atomic E-state index is -0.259. The molecule has 0 unspecified atom stereocenters. The van der Waals surface area contributed by atoms with Crippen molar-refractivity contribution in [2.24, 2.45) is 28.6 Å². The summed E-state index contributed by atoms with van der Waals surface area (Å²) in [6, 6.07) is 6.08. The number of piperidine rings is 1. The van der Waals surface area contributed by atoms with E-state index in [1.54, 1.807) is 7.11 Å². The van der Waals surface area contributed by atoms with Crippen molar-refractivity contribution in [3.05, 3.63) is 41.0 Å². The van der Waals surface area contributed by atoms with E-state index in [1.165, 1.54) is 37.9 Å². The molecule has 39 heavy (non-hydrogen) atoms. The highest BCUT2D eigenvalue weighted by atomic mass is 16.5. The molecule has 212 valence electrons. The zero-order valence-corrected chi connectivity index (χ0v) is 24.2. The zero-order chi connectivity index (χ0) is 27.2. The number of Topliss-reactive ketones (excluding diaryl/α,β-unsaturated/α-hetero) is 1. The monoisotopic (exact) mass is 533 g/mol. The summed E-state index contributed by atoms with van der Waals surface area (Å²) in [6.07, 6.45) is 15.1. The van der Waals surface area contributed by atoms with E-state index < -0.39 is 0 Å². The molecular formula is C34H47NO4. The molecule has 5 heteroatoms. The van der Waals surface area contributed by atoms with Gasteiger partial charge in [0.05, 0.1) is 13.2 Å². The van der Waals surface area contributed by atoms with E-state index in [9.17, 15) is 9.90 Å². The lowest BCUT2D eigenvalue weighted by molar-refractivity contribution is -0.130. The highest BCUT2D eigenvalue weighted by Gasteiger charge is 2.59. The molecule has 4 aliphatic carbocycles. The number of benzene rings is 1. The third kappa shape index (κ3) is 4.88. The fraction of sp³-hybridized carbons (Fsp3) is 0.676. The summed E-state index contributed by atoms with van der Waals surface area (Å²) in [5.74, 6) is 3.43. The normalized spacial score (nSPS) is 37.6. The maximum atomic E-state index is 13.9. The van der Waals surface area contributed by atoms with Gasteiger partial charge in [0.2, 0.25) is 0 Å². The number of likely N-dealkylation sites (tertiary alicyclic amines) is 1. The zero-order valence-electron chi connectivity index (χ0n) is 24.2. The van der Waals surface area contributed by atoms with E-state index in [1.807, 2.05) is 12.1 Å². The van der Waals surface area contributed by atoms with E-state index in [4.69, 9.17) is 9.47 Å². The van der Waals surface area contributed by atoms with Gasteiger partial charge < -0.3 is 14.6 Å². The van der Waals surface area contributed by atoms with E-state index in [2.05, 4.69) is 37.0 Å². The third-order valence-electron chi connectivity index (χ3n) is 11.4. The molecule has 5 nitrogen and oxygen atoms in total. The largest absolute Gasteiger partial charge is 0.493 e. The summed E-state index contributed by atoms with van der Waals surface area (Å²) in [5.41, 5.74) is 3.40. The smallest absolute Gasteiger partial charge is 0.165 e. The molecule has 6 atom stereocenters. The van der Waals surface area contributed by atoms with Crippen LogP contribution in [0.5, 0.6) is 11.5 Å². The van der Waals surface area contributed by atoms with Crippen molar-refractivity contribution < 1.29 is 19.4 Å². The Morgan fingerprint density at radius 1 is 1.03 bits per heavy atom. The third-order valence-corrected chi connectivity index (χ3v) is 11.4. The lowest BCUT2D eigenvalue weighted by Gasteiger charge is -2.56. The number of carbonyl (C=O) groups is 1. The topological polar surface area (TPSA) is 59.0 Å². The summed E-state index contributed by atoms with van der Waals surface area (Å²) in [5, 5.41) is 10.3. The van der Waals surface area contributed by atoms with Crippen molar-refractivity contribution in [3.8, 4) is 11.5 Å². The Hall–Kier alpha value is -2.11. The second kappa shape index (κ2) is 10.7. The highest BCUT2D eigenvalue weighted by Crippen LogP contribution is 2.64. The van der Waals surface area contributed by atoms with Crippen molar-refractivity contribution in [2.75, 3.05) is 33.4 Å². The van der Waals surface area contributed by atoms with Crippen molar-refractivity contribution in [3.63, 3.8) is 0 Å². The predicted molar refractivity (Wildman–Crippen MR) is 155 cm³/mol. The number of ether oxygens (including phenoxy) is 2. The molecule has 4 fully saturated rings. The van der Waals surface area contributed by atoms with Crippen molar-refractivity contribution in [1.82, 2.24) is 4.90 Å². The molecule has 1 N–H and O–H groups in total. The minimum Gasteiger partial charge on any atom is -0.493 e. The second-order valence-corrected chi connectivity index (χ2v) is 13.5. The molecule has 0 aromatic heterocycles. The summed E-state index contributed by atoms with van der Waals surface area (Å²) in [4.78, 5) is 16.4. The molecule has 6 rings (SSSR count). The van der Waals surface area contributed by atoms with Crippen molar-refractivity contribution in [1.29, 1.82) is 0 Å². The Labute approximate surface area is 234 Å². The molecular weight excluding hydrogens is 486 g/mol. The van der Waals surface area contributed by atoms with Gasteiger partial charge in [0.25, 0.3) is 0 Å². The van der Waals surface area contributed by atoms with Crippen LogP contribution in [-0.4, -0.2) is 55.2 Å². The first kappa shape index (κ1) is 27.1. The molecule has 5 aliphatic rings. The fourth-order valence-corrected chi connectivity index (χ4v) is 9.00. The average Bonchev–Trinajstić information content (AvgIpc) is 3.20. The van der Waals surface area contributed by atoms with Gasteiger partial charge in [0.15, 0.2) is 17.3 Å². The maximum absolute atomic E-state index is 13.9. The number of hydrogen-bond donors (Lipinski definition) is 1. The van der Waals surface area contributed by atoms with Gasteiger partial charge in [-0.15, -0.1) is 0 Å². The Morgan fingerprint density at radius 3 is 2.62 bits per heavy atom. The first-order chi connectivity index (χ1) is 18.8. The number of rotatable bonds is 6. The first-order valence-electron chi connectivity index (χ1n) is 15.5. The molecule has 0 radical (unpaired) electrons. The van der Waals surface area contributed by atoms with E-state index in [-0.39, 0.29) is 16.9 Å². The number of fused-ring (bicyclic) bond motifs is 5. The van der Waals surface area contributed by atoms with Gasteiger partial charge in [-0.3, -0.25) is 9.69 Å². The molecule has 0 bridgehead atoms. The van der Waals surface area contributed by atoms with Crippen molar-refractivity contribution in [2.45, 2.75) is 84.2 Å². The van der Waals surface area contributed by atoms with Crippen LogP contribution in [0.3, 0.4) is 0 Å². The van der Waals surface area contributed by atoms with Crippen LogP contribution in [0.2, 0.25) is 0 Å².